The van der Waals surface area contributed by atoms with Crippen LogP contribution in [0.3, 0.4) is 0 Å². The number of rotatable bonds is 5. The Labute approximate surface area is 125 Å². The van der Waals surface area contributed by atoms with Crippen molar-refractivity contribution < 1.29 is 14.7 Å². The molecule has 0 atom stereocenters. The molecule has 0 unspecified atom stereocenters. The summed E-state index contributed by atoms with van der Waals surface area (Å²) < 4.78 is 11.8. The van der Waals surface area contributed by atoms with Crippen LogP contribution in [0.4, 0.5) is 0 Å². The molecule has 4 nitrogen and oxygen atoms in total. The fourth-order valence-corrected chi connectivity index (χ4v) is 2.14. The third-order valence-electron chi connectivity index (χ3n) is 2.72. The lowest BCUT2D eigenvalue weighted by atomic mass is 10.2. The zero-order chi connectivity index (χ0) is 14.4. The molecule has 104 valence electrons. The molecular formula is C15H14BrNO3. The van der Waals surface area contributed by atoms with Gasteiger partial charge in [-0.15, -0.1) is 0 Å². The molecule has 0 fully saturated rings. The molecule has 0 radical (unpaired) electrons. The van der Waals surface area contributed by atoms with Gasteiger partial charge >= 0.3 is 0 Å². The molecule has 0 aliphatic heterocycles. The Morgan fingerprint density at radius 1 is 1.20 bits per heavy atom. The van der Waals surface area contributed by atoms with Gasteiger partial charge in [0.25, 0.3) is 0 Å². The van der Waals surface area contributed by atoms with E-state index in [-0.39, 0.29) is 0 Å². The second kappa shape index (κ2) is 6.96. The quantitative estimate of drug-likeness (QED) is 0.513. The lowest BCUT2D eigenvalue weighted by molar-refractivity contribution is 0.284. The highest BCUT2D eigenvalue weighted by Gasteiger charge is 2.09. The Bertz CT molecular complexity index is 600. The first kappa shape index (κ1) is 14.4. The number of oxime groups is 1. The van der Waals surface area contributed by atoms with Crippen molar-refractivity contribution in [3.05, 3.63) is 58.1 Å². The fraction of sp³-hybridized carbons (Fsp3) is 0.133. The zero-order valence-corrected chi connectivity index (χ0v) is 12.5. The summed E-state index contributed by atoms with van der Waals surface area (Å²) in [7, 11) is 1.57. The van der Waals surface area contributed by atoms with Crippen LogP contribution >= 0.6 is 15.9 Å². The Balaban J connectivity index is 2.21. The highest BCUT2D eigenvalue weighted by molar-refractivity contribution is 9.10. The summed E-state index contributed by atoms with van der Waals surface area (Å²) in [5.74, 6) is 1.21. The molecule has 0 aliphatic carbocycles. The molecule has 0 heterocycles. The first-order valence-corrected chi connectivity index (χ1v) is 6.75. The van der Waals surface area contributed by atoms with E-state index in [2.05, 4.69) is 21.1 Å². The molecule has 2 rings (SSSR count). The van der Waals surface area contributed by atoms with Crippen LogP contribution in [0.15, 0.2) is 52.1 Å². The van der Waals surface area contributed by atoms with Gasteiger partial charge in [-0.3, -0.25) is 0 Å². The summed E-state index contributed by atoms with van der Waals surface area (Å²) in [6, 6.07) is 13.4. The van der Waals surface area contributed by atoms with E-state index >= 15 is 0 Å². The van der Waals surface area contributed by atoms with Crippen LogP contribution in [0.5, 0.6) is 11.5 Å². The van der Waals surface area contributed by atoms with Gasteiger partial charge in [-0.05, 0) is 33.6 Å². The third kappa shape index (κ3) is 3.51. The second-order valence-corrected chi connectivity index (χ2v) is 4.90. The number of nitrogens with zero attached hydrogens (tertiary/aromatic N) is 1. The van der Waals surface area contributed by atoms with Crippen LogP contribution in [0.25, 0.3) is 0 Å². The predicted molar refractivity (Wildman–Crippen MR) is 80.8 cm³/mol. The Morgan fingerprint density at radius 3 is 2.60 bits per heavy atom. The smallest absolute Gasteiger partial charge is 0.162 e. The Hall–Kier alpha value is -2.01. The van der Waals surface area contributed by atoms with Crippen LogP contribution in [0, 0.1) is 0 Å². The normalized spacial score (nSPS) is 10.7. The molecule has 1 N–H and O–H groups in total. The fourth-order valence-electron chi connectivity index (χ4n) is 1.72. The van der Waals surface area contributed by atoms with Crippen molar-refractivity contribution in [2.75, 3.05) is 7.11 Å². The maximum atomic E-state index is 8.61. The molecule has 0 aromatic heterocycles. The van der Waals surface area contributed by atoms with E-state index in [1.807, 2.05) is 30.3 Å². The lowest BCUT2D eigenvalue weighted by Crippen LogP contribution is -1.99. The number of methoxy groups -OCH3 is 1. The summed E-state index contributed by atoms with van der Waals surface area (Å²) in [6.45, 7) is 0.455. The molecule has 2 aromatic rings. The van der Waals surface area contributed by atoms with Crippen LogP contribution in [0.2, 0.25) is 0 Å². The van der Waals surface area contributed by atoms with Gasteiger partial charge < -0.3 is 14.7 Å². The minimum absolute atomic E-state index is 0.455. The SMILES string of the molecule is COc1cc(/C=N/O)c(Br)cc1OCc1ccccc1. The molecule has 0 spiro atoms. The van der Waals surface area contributed by atoms with Crippen LogP contribution in [0.1, 0.15) is 11.1 Å². The molecule has 0 saturated carbocycles. The maximum absolute atomic E-state index is 8.61. The van der Waals surface area contributed by atoms with Crippen LogP contribution in [-0.2, 0) is 6.61 Å². The molecule has 0 amide bonds. The molecule has 2 aromatic carbocycles. The monoisotopic (exact) mass is 335 g/mol. The van der Waals surface area contributed by atoms with Crippen molar-refractivity contribution in [1.29, 1.82) is 0 Å². The largest absolute Gasteiger partial charge is 0.493 e. The van der Waals surface area contributed by atoms with Gasteiger partial charge in [-0.1, -0.05) is 35.5 Å². The van der Waals surface area contributed by atoms with Gasteiger partial charge in [0.15, 0.2) is 11.5 Å². The Morgan fingerprint density at radius 2 is 1.95 bits per heavy atom. The summed E-state index contributed by atoms with van der Waals surface area (Å²) in [5.41, 5.74) is 1.78. The van der Waals surface area contributed by atoms with Crippen LogP contribution in [-0.4, -0.2) is 18.5 Å². The number of ether oxygens (including phenoxy) is 2. The summed E-state index contributed by atoms with van der Waals surface area (Å²) in [4.78, 5) is 0. The highest BCUT2D eigenvalue weighted by atomic mass is 79.9. The van der Waals surface area contributed by atoms with Crippen molar-refractivity contribution in [3.63, 3.8) is 0 Å². The molecule has 0 bridgehead atoms. The first-order valence-electron chi connectivity index (χ1n) is 5.96. The number of hydrogen-bond donors (Lipinski definition) is 1. The van der Waals surface area contributed by atoms with Gasteiger partial charge in [-0.25, -0.2) is 0 Å². The van der Waals surface area contributed by atoms with Crippen molar-refractivity contribution in [2.24, 2.45) is 5.16 Å². The minimum atomic E-state index is 0.455. The van der Waals surface area contributed by atoms with E-state index in [4.69, 9.17) is 14.7 Å². The van der Waals surface area contributed by atoms with Gasteiger partial charge in [0.05, 0.1) is 13.3 Å². The van der Waals surface area contributed by atoms with E-state index in [1.54, 1.807) is 19.2 Å². The van der Waals surface area contributed by atoms with Crippen molar-refractivity contribution >= 4 is 22.1 Å². The van der Waals surface area contributed by atoms with E-state index in [1.165, 1.54) is 6.21 Å². The van der Waals surface area contributed by atoms with Crippen molar-refractivity contribution in [2.45, 2.75) is 6.61 Å². The van der Waals surface area contributed by atoms with E-state index in [9.17, 15) is 0 Å². The average molecular weight is 336 g/mol. The number of hydrogen-bond acceptors (Lipinski definition) is 4. The number of halogens is 1. The highest BCUT2D eigenvalue weighted by Crippen LogP contribution is 2.33. The topological polar surface area (TPSA) is 51.0 Å². The molecule has 20 heavy (non-hydrogen) atoms. The van der Waals surface area contributed by atoms with Gasteiger partial charge in [0.1, 0.15) is 6.61 Å². The zero-order valence-electron chi connectivity index (χ0n) is 10.9. The first-order chi connectivity index (χ1) is 9.74. The van der Waals surface area contributed by atoms with Crippen molar-refractivity contribution in [3.8, 4) is 11.5 Å². The van der Waals surface area contributed by atoms with Crippen LogP contribution < -0.4 is 9.47 Å². The third-order valence-corrected chi connectivity index (χ3v) is 3.40. The van der Waals surface area contributed by atoms with E-state index in [0.29, 0.717) is 23.7 Å². The average Bonchev–Trinajstić information content (AvgIpc) is 2.48. The van der Waals surface area contributed by atoms with Gasteiger partial charge in [-0.2, -0.15) is 0 Å². The molecule has 5 heteroatoms. The summed E-state index contributed by atoms with van der Waals surface area (Å²) in [6.07, 6.45) is 1.33. The summed E-state index contributed by atoms with van der Waals surface area (Å²) >= 11 is 3.40. The van der Waals surface area contributed by atoms with E-state index < -0.39 is 0 Å². The second-order valence-electron chi connectivity index (χ2n) is 4.04. The minimum Gasteiger partial charge on any atom is -0.493 e. The number of benzene rings is 2. The van der Waals surface area contributed by atoms with Gasteiger partial charge in [0.2, 0.25) is 0 Å². The standard InChI is InChI=1S/C15H14BrNO3/c1-19-14-7-12(9-17-18)13(16)8-15(14)20-10-11-5-3-2-4-6-11/h2-9,18H,10H2,1H3/b17-9+. The predicted octanol–water partition coefficient (Wildman–Crippen LogP) is 3.84. The molecular weight excluding hydrogens is 322 g/mol. The van der Waals surface area contributed by atoms with Gasteiger partial charge in [0, 0.05) is 10.0 Å². The van der Waals surface area contributed by atoms with Crippen molar-refractivity contribution in [1.82, 2.24) is 0 Å². The summed E-state index contributed by atoms with van der Waals surface area (Å²) in [5, 5.41) is 11.6. The maximum Gasteiger partial charge on any atom is 0.162 e. The Kier molecular flexibility index (Phi) is 5.01. The molecule has 0 aliphatic rings. The van der Waals surface area contributed by atoms with E-state index in [0.717, 1.165) is 10.0 Å². The lowest BCUT2D eigenvalue weighted by Gasteiger charge is -2.12. The molecule has 0 saturated heterocycles.